The minimum atomic E-state index is -0.372. The van der Waals surface area contributed by atoms with Crippen molar-refractivity contribution in [1.82, 2.24) is 0 Å². The fourth-order valence-electron chi connectivity index (χ4n) is 2.44. The number of benzene rings is 2. The van der Waals surface area contributed by atoms with Gasteiger partial charge in [-0.1, -0.05) is 18.2 Å². The van der Waals surface area contributed by atoms with E-state index in [1.165, 1.54) is 7.11 Å². The highest BCUT2D eigenvalue weighted by Crippen LogP contribution is 2.28. The largest absolute Gasteiger partial charge is 0.493 e. The van der Waals surface area contributed by atoms with Crippen LogP contribution in [-0.2, 0) is 9.47 Å². The second-order valence-electron chi connectivity index (χ2n) is 5.74. The van der Waals surface area contributed by atoms with Crippen molar-refractivity contribution in [3.8, 4) is 17.2 Å². The van der Waals surface area contributed by atoms with E-state index in [4.69, 9.17) is 18.9 Å². The lowest BCUT2D eigenvalue weighted by atomic mass is 10.2. The number of hydrogen-bond donors (Lipinski definition) is 0. The number of carbonyl (C=O) groups is 1. The van der Waals surface area contributed by atoms with E-state index in [1.54, 1.807) is 31.4 Å². The molecule has 0 aliphatic carbocycles. The molecule has 0 heterocycles. The van der Waals surface area contributed by atoms with Gasteiger partial charge in [0, 0.05) is 0 Å². The number of methoxy groups -OCH3 is 2. The summed E-state index contributed by atoms with van der Waals surface area (Å²) in [5.74, 6) is 1.66. The van der Waals surface area contributed by atoms with Gasteiger partial charge < -0.3 is 23.7 Å². The average Bonchev–Trinajstić information content (AvgIpc) is 2.73. The fourth-order valence-corrected chi connectivity index (χ4v) is 2.44. The molecule has 2 aromatic carbocycles. The Hall–Kier alpha value is -2.99. The molecule has 150 valence electrons. The Morgan fingerprint density at radius 2 is 1.61 bits per heavy atom. The van der Waals surface area contributed by atoms with E-state index in [2.05, 4.69) is 4.74 Å². The van der Waals surface area contributed by atoms with Crippen molar-refractivity contribution in [2.45, 2.75) is 6.92 Å². The van der Waals surface area contributed by atoms with Gasteiger partial charge in [-0.3, -0.25) is 0 Å². The van der Waals surface area contributed by atoms with Gasteiger partial charge in [0.25, 0.3) is 0 Å². The maximum absolute atomic E-state index is 11.4. The van der Waals surface area contributed by atoms with E-state index < -0.39 is 0 Å². The second-order valence-corrected chi connectivity index (χ2v) is 5.74. The van der Waals surface area contributed by atoms with E-state index in [1.807, 2.05) is 37.3 Å². The summed E-state index contributed by atoms with van der Waals surface area (Å²) in [4.78, 5) is 11.4. The van der Waals surface area contributed by atoms with Crippen LogP contribution in [0.15, 0.2) is 48.5 Å². The first-order valence-corrected chi connectivity index (χ1v) is 9.00. The first kappa shape index (κ1) is 21.3. The van der Waals surface area contributed by atoms with Crippen molar-refractivity contribution in [1.29, 1.82) is 0 Å². The molecule has 0 radical (unpaired) electrons. The molecule has 0 N–H and O–H groups in total. The maximum Gasteiger partial charge on any atom is 0.337 e. The van der Waals surface area contributed by atoms with Crippen molar-refractivity contribution in [3.05, 3.63) is 59.7 Å². The van der Waals surface area contributed by atoms with E-state index in [0.29, 0.717) is 49.2 Å². The van der Waals surface area contributed by atoms with Crippen LogP contribution in [0, 0.1) is 0 Å². The SMILES string of the molecule is CC=Cc1ccc(OCCOCCOc2ccc(C(=O)OC)cc2)c(OC)c1. The third-order valence-electron chi connectivity index (χ3n) is 3.80. The Morgan fingerprint density at radius 3 is 2.25 bits per heavy atom. The van der Waals surface area contributed by atoms with Crippen molar-refractivity contribution in [3.63, 3.8) is 0 Å². The first-order chi connectivity index (χ1) is 13.7. The Balaban J connectivity index is 1.65. The second kappa shape index (κ2) is 11.7. The molecule has 0 aliphatic heterocycles. The van der Waals surface area contributed by atoms with Crippen LogP contribution in [0.4, 0.5) is 0 Å². The molecule has 6 heteroatoms. The van der Waals surface area contributed by atoms with Gasteiger partial charge >= 0.3 is 5.97 Å². The minimum Gasteiger partial charge on any atom is -0.493 e. The minimum absolute atomic E-state index is 0.372. The molecule has 0 amide bonds. The standard InChI is InChI=1S/C22H26O6/c1-4-5-17-6-11-20(21(16-17)24-2)28-15-13-26-12-14-27-19-9-7-18(8-10-19)22(23)25-3/h4-11,16H,12-15H2,1-3H3. The highest BCUT2D eigenvalue weighted by molar-refractivity contribution is 5.89. The molecule has 0 saturated carbocycles. The summed E-state index contributed by atoms with van der Waals surface area (Å²) < 4.78 is 26.8. The van der Waals surface area contributed by atoms with Crippen molar-refractivity contribution < 1.29 is 28.5 Å². The third kappa shape index (κ3) is 6.63. The number of esters is 1. The highest BCUT2D eigenvalue weighted by atomic mass is 16.6. The molecule has 0 aromatic heterocycles. The van der Waals surface area contributed by atoms with Crippen LogP contribution in [0.25, 0.3) is 6.08 Å². The van der Waals surface area contributed by atoms with E-state index in [-0.39, 0.29) is 5.97 Å². The quantitative estimate of drug-likeness (QED) is 0.430. The average molecular weight is 386 g/mol. The van der Waals surface area contributed by atoms with E-state index in [0.717, 1.165) is 5.56 Å². The van der Waals surface area contributed by atoms with Gasteiger partial charge in [0.15, 0.2) is 11.5 Å². The highest BCUT2D eigenvalue weighted by Gasteiger charge is 2.06. The van der Waals surface area contributed by atoms with Crippen LogP contribution in [-0.4, -0.2) is 46.6 Å². The predicted molar refractivity (Wildman–Crippen MR) is 107 cm³/mol. The molecular formula is C22H26O6. The van der Waals surface area contributed by atoms with Gasteiger partial charge in [0.05, 0.1) is 33.0 Å². The van der Waals surface area contributed by atoms with Crippen molar-refractivity contribution >= 4 is 12.0 Å². The number of ether oxygens (including phenoxy) is 5. The molecule has 0 unspecified atom stereocenters. The molecule has 0 saturated heterocycles. The molecule has 2 aromatic rings. The molecule has 6 nitrogen and oxygen atoms in total. The molecule has 2 rings (SSSR count). The molecule has 0 aliphatic rings. The first-order valence-electron chi connectivity index (χ1n) is 9.00. The lowest BCUT2D eigenvalue weighted by Gasteiger charge is -2.12. The summed E-state index contributed by atoms with van der Waals surface area (Å²) in [5.41, 5.74) is 1.54. The van der Waals surface area contributed by atoms with Gasteiger partial charge in [0.2, 0.25) is 0 Å². The van der Waals surface area contributed by atoms with Gasteiger partial charge in [0.1, 0.15) is 19.0 Å². The zero-order chi connectivity index (χ0) is 20.2. The monoisotopic (exact) mass is 386 g/mol. The predicted octanol–water partition coefficient (Wildman–Crippen LogP) is 3.99. The van der Waals surface area contributed by atoms with E-state index in [9.17, 15) is 4.79 Å². The molecule has 0 spiro atoms. The number of hydrogen-bond acceptors (Lipinski definition) is 6. The summed E-state index contributed by atoms with van der Waals surface area (Å²) in [6, 6.07) is 12.5. The van der Waals surface area contributed by atoms with Crippen LogP contribution in [0.5, 0.6) is 17.2 Å². The van der Waals surface area contributed by atoms with Crippen LogP contribution < -0.4 is 14.2 Å². The zero-order valence-electron chi connectivity index (χ0n) is 16.5. The summed E-state index contributed by atoms with van der Waals surface area (Å²) in [5, 5.41) is 0. The fraction of sp³-hybridized carbons (Fsp3) is 0.318. The maximum atomic E-state index is 11.4. The lowest BCUT2D eigenvalue weighted by molar-refractivity contribution is 0.0600. The van der Waals surface area contributed by atoms with Crippen LogP contribution in [0.2, 0.25) is 0 Å². The van der Waals surface area contributed by atoms with Gasteiger partial charge in [-0.15, -0.1) is 0 Å². The Labute approximate surface area is 165 Å². The lowest BCUT2D eigenvalue weighted by Crippen LogP contribution is -2.12. The zero-order valence-corrected chi connectivity index (χ0v) is 16.5. The Morgan fingerprint density at radius 1 is 0.893 bits per heavy atom. The summed E-state index contributed by atoms with van der Waals surface area (Å²) in [7, 11) is 2.97. The molecule has 0 fully saturated rings. The molecular weight excluding hydrogens is 360 g/mol. The van der Waals surface area contributed by atoms with Gasteiger partial charge in [-0.25, -0.2) is 4.79 Å². The Kier molecular flexibility index (Phi) is 8.88. The molecule has 0 atom stereocenters. The van der Waals surface area contributed by atoms with Crippen molar-refractivity contribution in [2.24, 2.45) is 0 Å². The number of rotatable bonds is 11. The number of allylic oxidation sites excluding steroid dienone is 1. The summed E-state index contributed by atoms with van der Waals surface area (Å²) in [6.07, 6.45) is 3.97. The van der Waals surface area contributed by atoms with Crippen LogP contribution in [0.3, 0.4) is 0 Å². The van der Waals surface area contributed by atoms with Crippen LogP contribution >= 0.6 is 0 Å². The molecule has 0 bridgehead atoms. The summed E-state index contributed by atoms with van der Waals surface area (Å²) >= 11 is 0. The van der Waals surface area contributed by atoms with Crippen molar-refractivity contribution in [2.75, 3.05) is 40.6 Å². The topological polar surface area (TPSA) is 63.2 Å². The number of carbonyl (C=O) groups excluding carboxylic acids is 1. The normalized spacial score (nSPS) is 10.7. The third-order valence-corrected chi connectivity index (χ3v) is 3.80. The Bertz CT molecular complexity index is 767. The van der Waals surface area contributed by atoms with Crippen LogP contribution in [0.1, 0.15) is 22.8 Å². The van der Waals surface area contributed by atoms with E-state index >= 15 is 0 Å². The smallest absolute Gasteiger partial charge is 0.337 e. The van der Waals surface area contributed by atoms with Gasteiger partial charge in [-0.2, -0.15) is 0 Å². The summed E-state index contributed by atoms with van der Waals surface area (Å²) in [6.45, 7) is 3.64. The van der Waals surface area contributed by atoms with Gasteiger partial charge in [-0.05, 0) is 48.9 Å². The molecule has 28 heavy (non-hydrogen) atoms.